The number of benzene rings is 1. The molecule has 0 atom stereocenters. The summed E-state index contributed by atoms with van der Waals surface area (Å²) < 4.78 is 10.3. The van der Waals surface area contributed by atoms with Crippen molar-refractivity contribution in [2.75, 3.05) is 21.3 Å². The Kier molecular flexibility index (Phi) is 5.17. The molecule has 0 aliphatic heterocycles. The molecular formula is C13H17NO5. The van der Waals surface area contributed by atoms with Crippen LogP contribution in [0.25, 0.3) is 0 Å². The van der Waals surface area contributed by atoms with E-state index in [0.717, 1.165) is 5.56 Å². The summed E-state index contributed by atoms with van der Waals surface area (Å²) in [7, 11) is 4.62. The molecule has 0 saturated heterocycles. The monoisotopic (exact) mass is 267 g/mol. The van der Waals surface area contributed by atoms with Gasteiger partial charge in [0.2, 0.25) is 5.91 Å². The minimum Gasteiger partial charge on any atom is -0.497 e. The topological polar surface area (TPSA) is 76.1 Å². The molecule has 1 aromatic carbocycles. The lowest BCUT2D eigenvalue weighted by Crippen LogP contribution is -2.28. The van der Waals surface area contributed by atoms with E-state index in [1.807, 2.05) is 0 Å². The molecule has 0 aliphatic carbocycles. The largest absolute Gasteiger partial charge is 0.497 e. The van der Waals surface area contributed by atoms with Gasteiger partial charge in [-0.15, -0.1) is 0 Å². The maximum atomic E-state index is 11.6. The number of carbonyl (C=O) groups excluding carboxylic acids is 1. The van der Waals surface area contributed by atoms with Crippen molar-refractivity contribution >= 4 is 11.9 Å². The molecule has 0 aromatic heterocycles. The molecular weight excluding hydrogens is 250 g/mol. The predicted octanol–water partition coefficient (Wildman–Crippen LogP) is 1.14. The Balaban J connectivity index is 2.85. The molecule has 1 N–H and O–H groups in total. The van der Waals surface area contributed by atoms with Crippen molar-refractivity contribution in [2.45, 2.75) is 13.0 Å². The zero-order valence-corrected chi connectivity index (χ0v) is 11.2. The highest BCUT2D eigenvalue weighted by Gasteiger charge is 2.15. The summed E-state index contributed by atoms with van der Waals surface area (Å²) >= 11 is 0. The molecule has 0 fully saturated rings. The average molecular weight is 267 g/mol. The summed E-state index contributed by atoms with van der Waals surface area (Å²) in [6.07, 6.45) is -0.525. The lowest BCUT2D eigenvalue weighted by molar-refractivity contribution is -0.143. The number of rotatable bonds is 6. The molecule has 0 spiro atoms. The van der Waals surface area contributed by atoms with E-state index in [1.165, 1.54) is 12.0 Å². The van der Waals surface area contributed by atoms with Gasteiger partial charge in [-0.1, -0.05) is 0 Å². The third-order valence-electron chi connectivity index (χ3n) is 2.62. The van der Waals surface area contributed by atoms with Gasteiger partial charge >= 0.3 is 5.97 Å². The van der Waals surface area contributed by atoms with Gasteiger partial charge in [0.1, 0.15) is 17.9 Å². The van der Waals surface area contributed by atoms with E-state index < -0.39 is 18.3 Å². The van der Waals surface area contributed by atoms with Crippen LogP contribution in [-0.4, -0.2) is 43.2 Å². The third kappa shape index (κ3) is 4.17. The van der Waals surface area contributed by atoms with Crippen LogP contribution < -0.4 is 9.47 Å². The lowest BCUT2D eigenvalue weighted by atomic mass is 10.1. The molecule has 6 heteroatoms. The summed E-state index contributed by atoms with van der Waals surface area (Å²) in [6.45, 7) is 0.256. The van der Waals surface area contributed by atoms with E-state index in [-0.39, 0.29) is 6.54 Å². The van der Waals surface area contributed by atoms with Crippen LogP contribution in [0.2, 0.25) is 0 Å². The van der Waals surface area contributed by atoms with E-state index in [4.69, 9.17) is 14.6 Å². The maximum Gasteiger partial charge on any atom is 0.312 e. The fourth-order valence-electron chi connectivity index (χ4n) is 1.61. The molecule has 1 amide bonds. The van der Waals surface area contributed by atoms with Crippen molar-refractivity contribution in [1.29, 1.82) is 0 Å². The zero-order valence-electron chi connectivity index (χ0n) is 11.2. The normalized spacial score (nSPS) is 9.84. The van der Waals surface area contributed by atoms with E-state index in [2.05, 4.69) is 0 Å². The molecule has 6 nitrogen and oxygen atoms in total. The van der Waals surface area contributed by atoms with Crippen LogP contribution in [0.15, 0.2) is 18.2 Å². The second kappa shape index (κ2) is 6.63. The Morgan fingerprint density at radius 2 is 1.95 bits per heavy atom. The van der Waals surface area contributed by atoms with Crippen LogP contribution in [0.4, 0.5) is 0 Å². The summed E-state index contributed by atoms with van der Waals surface area (Å²) in [5.41, 5.74) is 0.753. The molecule has 0 saturated carbocycles. The highest BCUT2D eigenvalue weighted by Crippen LogP contribution is 2.25. The minimum atomic E-state index is -1.14. The Morgan fingerprint density at radius 1 is 1.26 bits per heavy atom. The van der Waals surface area contributed by atoms with Gasteiger partial charge in [-0.3, -0.25) is 9.59 Å². The van der Waals surface area contributed by atoms with Crippen molar-refractivity contribution in [3.8, 4) is 11.5 Å². The predicted molar refractivity (Wildman–Crippen MR) is 68.3 cm³/mol. The molecule has 0 unspecified atom stereocenters. The molecule has 1 aromatic rings. The summed E-state index contributed by atoms with van der Waals surface area (Å²) in [5.74, 6) is -0.336. The van der Waals surface area contributed by atoms with Gasteiger partial charge in [0, 0.05) is 19.2 Å². The Morgan fingerprint density at radius 3 is 2.47 bits per heavy atom. The fourth-order valence-corrected chi connectivity index (χ4v) is 1.61. The van der Waals surface area contributed by atoms with Crippen LogP contribution in [0.5, 0.6) is 11.5 Å². The van der Waals surface area contributed by atoms with E-state index >= 15 is 0 Å². The lowest BCUT2D eigenvalue weighted by Gasteiger charge is -2.18. The number of amides is 1. The third-order valence-corrected chi connectivity index (χ3v) is 2.62. The van der Waals surface area contributed by atoms with E-state index in [0.29, 0.717) is 11.5 Å². The summed E-state index contributed by atoms with van der Waals surface area (Å²) in [5, 5.41) is 8.59. The Hall–Kier alpha value is -2.24. The second-order valence-electron chi connectivity index (χ2n) is 4.00. The maximum absolute atomic E-state index is 11.6. The van der Waals surface area contributed by atoms with Crippen molar-refractivity contribution in [3.63, 3.8) is 0 Å². The Labute approximate surface area is 111 Å². The Bertz CT molecular complexity index is 472. The molecule has 0 aliphatic rings. The number of carboxylic acid groups (broad SMARTS) is 1. The molecule has 1 rings (SSSR count). The van der Waals surface area contributed by atoms with Crippen molar-refractivity contribution in [1.82, 2.24) is 4.90 Å². The number of carboxylic acids is 1. The molecule has 0 bridgehead atoms. The van der Waals surface area contributed by atoms with Crippen molar-refractivity contribution in [2.24, 2.45) is 0 Å². The second-order valence-corrected chi connectivity index (χ2v) is 4.00. The number of nitrogens with zero attached hydrogens (tertiary/aromatic N) is 1. The van der Waals surface area contributed by atoms with Crippen LogP contribution in [-0.2, 0) is 16.1 Å². The van der Waals surface area contributed by atoms with Gasteiger partial charge in [-0.25, -0.2) is 0 Å². The SMILES string of the molecule is COc1ccc(OC)c(CN(C)C(=O)CC(=O)O)c1. The first-order valence-corrected chi connectivity index (χ1v) is 5.64. The van der Waals surface area contributed by atoms with E-state index in [9.17, 15) is 9.59 Å². The van der Waals surface area contributed by atoms with Gasteiger partial charge in [-0.05, 0) is 18.2 Å². The highest BCUT2D eigenvalue weighted by atomic mass is 16.5. The molecule has 0 heterocycles. The van der Waals surface area contributed by atoms with Crippen LogP contribution in [0, 0.1) is 0 Å². The number of methoxy groups -OCH3 is 2. The quantitative estimate of drug-likeness (QED) is 0.782. The number of carbonyl (C=O) groups is 2. The smallest absolute Gasteiger partial charge is 0.312 e. The van der Waals surface area contributed by atoms with Gasteiger partial charge in [0.15, 0.2) is 0 Å². The number of aliphatic carboxylic acids is 1. The molecule has 19 heavy (non-hydrogen) atoms. The van der Waals surface area contributed by atoms with E-state index in [1.54, 1.807) is 32.4 Å². The van der Waals surface area contributed by atoms with Crippen LogP contribution >= 0.6 is 0 Å². The molecule has 0 radical (unpaired) electrons. The van der Waals surface area contributed by atoms with Crippen LogP contribution in [0.1, 0.15) is 12.0 Å². The standard InChI is InChI=1S/C13H17NO5/c1-14(12(15)7-13(16)17)8-9-6-10(18-2)4-5-11(9)19-3/h4-6H,7-8H2,1-3H3,(H,16,17). The summed E-state index contributed by atoms with van der Waals surface area (Å²) in [4.78, 5) is 23.4. The number of hydrogen-bond acceptors (Lipinski definition) is 4. The minimum absolute atomic E-state index is 0.256. The summed E-state index contributed by atoms with van der Waals surface area (Å²) in [6, 6.07) is 5.24. The van der Waals surface area contributed by atoms with Gasteiger partial charge in [-0.2, -0.15) is 0 Å². The molecule has 104 valence electrons. The highest BCUT2D eigenvalue weighted by molar-refractivity contribution is 5.93. The van der Waals surface area contributed by atoms with Gasteiger partial charge < -0.3 is 19.5 Å². The zero-order chi connectivity index (χ0) is 14.4. The first-order valence-electron chi connectivity index (χ1n) is 5.64. The first kappa shape index (κ1) is 14.8. The van der Waals surface area contributed by atoms with Crippen molar-refractivity contribution in [3.05, 3.63) is 23.8 Å². The number of hydrogen-bond donors (Lipinski definition) is 1. The van der Waals surface area contributed by atoms with Gasteiger partial charge in [0.05, 0.1) is 14.2 Å². The van der Waals surface area contributed by atoms with Crippen molar-refractivity contribution < 1.29 is 24.2 Å². The van der Waals surface area contributed by atoms with Gasteiger partial charge in [0.25, 0.3) is 0 Å². The van der Waals surface area contributed by atoms with Crippen LogP contribution in [0.3, 0.4) is 0 Å². The average Bonchev–Trinajstić information content (AvgIpc) is 2.37. The first-order chi connectivity index (χ1) is 8.97. The fraction of sp³-hybridized carbons (Fsp3) is 0.385. The number of ether oxygens (including phenoxy) is 2.